The lowest BCUT2D eigenvalue weighted by Crippen LogP contribution is -2.50. The molecule has 0 radical (unpaired) electrons. The van der Waals surface area contributed by atoms with Gasteiger partial charge < -0.3 is 19.4 Å². The van der Waals surface area contributed by atoms with Gasteiger partial charge in [-0.1, -0.05) is 12.1 Å². The lowest BCUT2D eigenvalue weighted by Gasteiger charge is -2.36. The van der Waals surface area contributed by atoms with Crippen LogP contribution in [0.3, 0.4) is 0 Å². The molecule has 2 aromatic heterocycles. The molecule has 3 fully saturated rings. The molecule has 3 aliphatic rings. The van der Waals surface area contributed by atoms with E-state index in [2.05, 4.69) is 53.1 Å². The molecule has 1 saturated carbocycles. The Labute approximate surface area is 226 Å². The van der Waals surface area contributed by atoms with Crippen molar-refractivity contribution >= 4 is 39.0 Å². The normalized spacial score (nSPS) is 22.9. The number of alkyl halides is 2. The predicted molar refractivity (Wildman–Crippen MR) is 149 cm³/mol. The molecule has 2 saturated heterocycles. The van der Waals surface area contributed by atoms with Gasteiger partial charge in [0, 0.05) is 61.8 Å². The van der Waals surface area contributed by atoms with Crippen molar-refractivity contribution in [3.63, 3.8) is 0 Å². The molecular weight excluding hydrogens is 506 g/mol. The number of piperazine rings is 1. The molecule has 3 aromatic rings. The standard InChI is InChI=1S/C29H34F2N4O2S/c1-19-15-23-25(38-19)24(35-10-9-28(18-35)17-29(28,30)31)16-22(32-23)20-5-7-21(8-6-20)33-11-13-34(14-12-33)26(36)37-27(2,3)4/h5-8,15-16H,9-14,17-18H2,1-4H3. The summed E-state index contributed by atoms with van der Waals surface area (Å²) in [5.74, 6) is -2.53. The average Bonchev–Trinajstić information content (AvgIpc) is 3.17. The Kier molecular flexibility index (Phi) is 5.87. The van der Waals surface area contributed by atoms with E-state index in [-0.39, 0.29) is 12.5 Å². The fourth-order valence-electron chi connectivity index (χ4n) is 5.73. The first-order valence-electron chi connectivity index (χ1n) is 13.3. The van der Waals surface area contributed by atoms with Gasteiger partial charge in [-0.05, 0) is 58.4 Å². The van der Waals surface area contributed by atoms with Crippen molar-refractivity contribution in [2.45, 2.75) is 52.1 Å². The highest BCUT2D eigenvalue weighted by atomic mass is 32.1. The minimum atomic E-state index is -2.53. The zero-order chi connectivity index (χ0) is 26.9. The number of rotatable bonds is 3. The molecule has 0 bridgehead atoms. The SMILES string of the molecule is Cc1cc2nc(-c3ccc(N4CCN(C(=O)OC(C)(C)C)CC4)cc3)cc(N3CCC4(C3)CC4(F)F)c2s1. The van der Waals surface area contributed by atoms with Gasteiger partial charge in [-0.2, -0.15) is 0 Å². The van der Waals surface area contributed by atoms with Crippen molar-refractivity contribution in [1.82, 2.24) is 9.88 Å². The molecule has 1 atom stereocenters. The summed E-state index contributed by atoms with van der Waals surface area (Å²) < 4.78 is 34.8. The fourth-order valence-corrected chi connectivity index (χ4v) is 6.72. The summed E-state index contributed by atoms with van der Waals surface area (Å²) in [6.07, 6.45) is 0.288. The first kappa shape index (κ1) is 25.3. The van der Waals surface area contributed by atoms with Crippen LogP contribution in [-0.2, 0) is 4.74 Å². The number of halogens is 2. The van der Waals surface area contributed by atoms with Crippen LogP contribution in [0.5, 0.6) is 0 Å². The zero-order valence-corrected chi connectivity index (χ0v) is 23.2. The highest BCUT2D eigenvalue weighted by Crippen LogP contribution is 2.65. The van der Waals surface area contributed by atoms with E-state index in [1.807, 2.05) is 20.8 Å². The Morgan fingerprint density at radius 2 is 1.71 bits per heavy atom. The Balaban J connectivity index is 1.19. The lowest BCUT2D eigenvalue weighted by molar-refractivity contribution is 0.0240. The number of fused-ring (bicyclic) bond motifs is 1. The molecule has 38 heavy (non-hydrogen) atoms. The number of benzene rings is 1. The maximum Gasteiger partial charge on any atom is 0.410 e. The third kappa shape index (κ3) is 4.59. The van der Waals surface area contributed by atoms with Crippen LogP contribution in [0, 0.1) is 12.3 Å². The molecule has 1 aromatic carbocycles. The summed E-state index contributed by atoms with van der Waals surface area (Å²) in [4.78, 5) is 24.7. The number of hydrogen-bond acceptors (Lipinski definition) is 6. The molecule has 6 nitrogen and oxygen atoms in total. The highest BCUT2D eigenvalue weighted by Gasteiger charge is 2.72. The fraction of sp³-hybridized carbons (Fsp3) is 0.517. The number of carbonyl (C=O) groups is 1. The van der Waals surface area contributed by atoms with E-state index < -0.39 is 16.9 Å². The minimum Gasteiger partial charge on any atom is -0.444 e. The predicted octanol–water partition coefficient (Wildman–Crippen LogP) is 6.56. The maximum absolute atomic E-state index is 14.1. The number of amides is 1. The van der Waals surface area contributed by atoms with Crippen LogP contribution in [0.4, 0.5) is 25.0 Å². The first-order chi connectivity index (χ1) is 17.9. The molecule has 6 rings (SSSR count). The van der Waals surface area contributed by atoms with Crippen molar-refractivity contribution < 1.29 is 18.3 Å². The molecule has 1 amide bonds. The highest BCUT2D eigenvalue weighted by molar-refractivity contribution is 7.19. The van der Waals surface area contributed by atoms with Crippen LogP contribution >= 0.6 is 11.3 Å². The van der Waals surface area contributed by atoms with Crippen molar-refractivity contribution in [2.24, 2.45) is 5.41 Å². The van der Waals surface area contributed by atoms with Gasteiger partial charge in [-0.3, -0.25) is 0 Å². The minimum absolute atomic E-state index is 0.00848. The number of thiophene rings is 1. The Hall–Kier alpha value is -2.94. The van der Waals surface area contributed by atoms with Gasteiger partial charge in [0.15, 0.2) is 0 Å². The van der Waals surface area contributed by atoms with E-state index in [4.69, 9.17) is 9.72 Å². The molecular formula is C29H34F2N4O2S. The van der Waals surface area contributed by atoms with Crippen LogP contribution in [0.25, 0.3) is 21.5 Å². The molecule has 1 unspecified atom stereocenters. The first-order valence-corrected chi connectivity index (χ1v) is 14.1. The maximum atomic E-state index is 14.1. The van der Waals surface area contributed by atoms with Gasteiger partial charge in [-0.25, -0.2) is 18.6 Å². The number of carbonyl (C=O) groups excluding carboxylic acids is 1. The zero-order valence-electron chi connectivity index (χ0n) is 22.4. The van der Waals surface area contributed by atoms with Crippen LogP contribution < -0.4 is 9.80 Å². The molecule has 1 spiro atoms. The number of ether oxygens (including phenoxy) is 1. The molecule has 0 N–H and O–H groups in total. The molecule has 4 heterocycles. The van der Waals surface area contributed by atoms with Gasteiger partial charge in [-0.15, -0.1) is 11.3 Å². The Morgan fingerprint density at radius 3 is 2.32 bits per heavy atom. The van der Waals surface area contributed by atoms with Crippen LogP contribution in [0.2, 0.25) is 0 Å². The number of nitrogens with zero attached hydrogens (tertiary/aromatic N) is 4. The van der Waals surface area contributed by atoms with Crippen LogP contribution in [0.15, 0.2) is 36.4 Å². The number of anilines is 2. The van der Waals surface area contributed by atoms with E-state index in [1.165, 1.54) is 0 Å². The topological polar surface area (TPSA) is 48.9 Å². The van der Waals surface area contributed by atoms with Crippen molar-refractivity contribution in [2.75, 3.05) is 49.1 Å². The molecule has 9 heteroatoms. The van der Waals surface area contributed by atoms with Crippen molar-refractivity contribution in [3.8, 4) is 11.3 Å². The summed E-state index contributed by atoms with van der Waals surface area (Å²) in [6, 6.07) is 12.5. The van der Waals surface area contributed by atoms with Crippen molar-refractivity contribution in [3.05, 3.63) is 41.3 Å². The summed E-state index contributed by atoms with van der Waals surface area (Å²) in [7, 11) is 0. The second-order valence-electron chi connectivity index (χ2n) is 11.9. The summed E-state index contributed by atoms with van der Waals surface area (Å²) >= 11 is 1.68. The third-order valence-electron chi connectivity index (χ3n) is 7.95. The van der Waals surface area contributed by atoms with Gasteiger partial charge in [0.25, 0.3) is 5.92 Å². The van der Waals surface area contributed by atoms with Gasteiger partial charge in [0.1, 0.15) is 5.60 Å². The largest absolute Gasteiger partial charge is 0.444 e. The third-order valence-corrected chi connectivity index (χ3v) is 9.01. The smallest absolute Gasteiger partial charge is 0.410 e. The second-order valence-corrected chi connectivity index (χ2v) is 13.2. The number of aromatic nitrogens is 1. The van der Waals surface area contributed by atoms with Gasteiger partial charge in [0.2, 0.25) is 0 Å². The molecule has 202 valence electrons. The van der Waals surface area contributed by atoms with Crippen LogP contribution in [0.1, 0.15) is 38.5 Å². The van der Waals surface area contributed by atoms with Gasteiger partial charge >= 0.3 is 6.09 Å². The summed E-state index contributed by atoms with van der Waals surface area (Å²) in [6.45, 7) is 11.5. The quantitative estimate of drug-likeness (QED) is 0.376. The van der Waals surface area contributed by atoms with E-state index in [9.17, 15) is 13.6 Å². The van der Waals surface area contributed by atoms with E-state index in [0.717, 1.165) is 50.8 Å². The van der Waals surface area contributed by atoms with E-state index >= 15 is 0 Å². The average molecular weight is 541 g/mol. The van der Waals surface area contributed by atoms with E-state index in [1.54, 1.807) is 16.2 Å². The summed E-state index contributed by atoms with van der Waals surface area (Å²) in [5.41, 5.74) is 3.55. The molecule has 2 aliphatic heterocycles. The second kappa shape index (κ2) is 8.79. The Bertz CT molecular complexity index is 1380. The number of hydrogen-bond donors (Lipinski definition) is 0. The number of pyridine rings is 1. The monoisotopic (exact) mass is 540 g/mol. The summed E-state index contributed by atoms with van der Waals surface area (Å²) in [5, 5.41) is 0. The number of aryl methyl sites for hydroxylation is 1. The van der Waals surface area contributed by atoms with Crippen molar-refractivity contribution in [1.29, 1.82) is 0 Å². The van der Waals surface area contributed by atoms with E-state index in [0.29, 0.717) is 32.6 Å². The van der Waals surface area contributed by atoms with Gasteiger partial charge in [0.05, 0.1) is 27.0 Å². The lowest BCUT2D eigenvalue weighted by atomic mass is 10.1. The van der Waals surface area contributed by atoms with Crippen LogP contribution in [-0.4, -0.2) is 66.8 Å². The molecule has 1 aliphatic carbocycles. The Morgan fingerprint density at radius 1 is 1.03 bits per heavy atom.